The Bertz CT molecular complexity index is 888. The van der Waals surface area contributed by atoms with E-state index in [2.05, 4.69) is 47.6 Å². The largest absolute Gasteiger partial charge is 0.300 e. The molecule has 0 bridgehead atoms. The number of hydrogen-bond donors (Lipinski definition) is 0. The highest BCUT2D eigenvalue weighted by atomic mass is 16.1. The van der Waals surface area contributed by atoms with Gasteiger partial charge in [-0.25, -0.2) is 0 Å². The summed E-state index contributed by atoms with van der Waals surface area (Å²) in [4.78, 5) is 26.3. The Hall–Kier alpha value is -1.18. The molecule has 0 heterocycles. The molecular weight excluding hydrogens is 368 g/mol. The molecule has 5 rings (SSSR count). The number of ketones is 2. The molecule has 2 fully saturated rings. The van der Waals surface area contributed by atoms with E-state index in [0.29, 0.717) is 29.3 Å². The van der Waals surface area contributed by atoms with Crippen molar-refractivity contribution in [3.63, 3.8) is 0 Å². The molecule has 0 amide bonds. The molecule has 5 aliphatic carbocycles. The molecular formula is C28H40O2. The van der Waals surface area contributed by atoms with Crippen molar-refractivity contribution in [1.29, 1.82) is 0 Å². The maximum Gasteiger partial charge on any atom is 0.168 e. The van der Waals surface area contributed by atoms with E-state index in [1.54, 1.807) is 0 Å². The van der Waals surface area contributed by atoms with Crippen LogP contribution in [0, 0.1) is 39.4 Å². The fourth-order valence-electron chi connectivity index (χ4n) is 9.05. The summed E-state index contributed by atoms with van der Waals surface area (Å²) >= 11 is 0. The Labute approximate surface area is 183 Å². The molecule has 0 aromatic heterocycles. The first-order valence-corrected chi connectivity index (χ1v) is 12.4. The van der Waals surface area contributed by atoms with Crippen molar-refractivity contribution in [2.24, 2.45) is 39.4 Å². The van der Waals surface area contributed by atoms with Crippen LogP contribution in [0.15, 0.2) is 22.8 Å². The summed E-state index contributed by atoms with van der Waals surface area (Å²) in [5, 5.41) is 0. The third kappa shape index (κ3) is 2.43. The van der Waals surface area contributed by atoms with Crippen LogP contribution in [0.3, 0.4) is 0 Å². The van der Waals surface area contributed by atoms with E-state index < -0.39 is 0 Å². The molecule has 164 valence electrons. The maximum absolute atomic E-state index is 13.6. The van der Waals surface area contributed by atoms with Crippen LogP contribution in [0.25, 0.3) is 0 Å². The van der Waals surface area contributed by atoms with Crippen molar-refractivity contribution < 1.29 is 9.59 Å². The van der Waals surface area contributed by atoms with Crippen LogP contribution in [0.2, 0.25) is 0 Å². The van der Waals surface area contributed by atoms with Crippen LogP contribution >= 0.6 is 0 Å². The molecule has 0 radical (unpaired) electrons. The zero-order valence-corrected chi connectivity index (χ0v) is 20.0. The summed E-state index contributed by atoms with van der Waals surface area (Å²) in [6, 6.07) is 0. The molecule has 2 heteroatoms. The van der Waals surface area contributed by atoms with Gasteiger partial charge in [-0.3, -0.25) is 9.59 Å². The lowest BCUT2D eigenvalue weighted by atomic mass is 9.37. The molecule has 0 spiro atoms. The monoisotopic (exact) mass is 408 g/mol. The summed E-state index contributed by atoms with van der Waals surface area (Å²) in [5.41, 5.74) is 4.04. The molecule has 5 aliphatic rings. The highest BCUT2D eigenvalue weighted by Crippen LogP contribution is 2.72. The normalized spacial score (nSPS) is 47.7. The van der Waals surface area contributed by atoms with E-state index in [-0.39, 0.29) is 21.7 Å². The van der Waals surface area contributed by atoms with Crippen LogP contribution in [-0.4, -0.2) is 11.6 Å². The molecule has 0 aromatic carbocycles. The second kappa shape index (κ2) is 6.20. The molecule has 6 atom stereocenters. The van der Waals surface area contributed by atoms with Crippen molar-refractivity contribution in [1.82, 2.24) is 0 Å². The van der Waals surface area contributed by atoms with E-state index in [9.17, 15) is 9.59 Å². The lowest BCUT2D eigenvalue weighted by molar-refractivity contribution is -0.160. The maximum atomic E-state index is 13.6. The summed E-state index contributed by atoms with van der Waals surface area (Å²) in [6.45, 7) is 14.0. The number of allylic oxidation sites excluding steroid dienone is 4. The third-order valence-corrected chi connectivity index (χ3v) is 11.1. The van der Waals surface area contributed by atoms with E-state index in [1.165, 1.54) is 30.4 Å². The molecule has 0 unspecified atom stereocenters. The van der Waals surface area contributed by atoms with Crippen LogP contribution < -0.4 is 0 Å². The van der Waals surface area contributed by atoms with Crippen LogP contribution in [0.5, 0.6) is 0 Å². The zero-order chi connectivity index (χ0) is 21.7. The highest BCUT2D eigenvalue weighted by molar-refractivity contribution is 6.05. The Kier molecular flexibility index (Phi) is 4.28. The van der Waals surface area contributed by atoms with E-state index in [1.807, 2.05) is 0 Å². The average molecular weight is 409 g/mol. The number of fused-ring (bicyclic) bond motifs is 6. The van der Waals surface area contributed by atoms with Crippen molar-refractivity contribution in [3.05, 3.63) is 22.8 Å². The summed E-state index contributed by atoms with van der Waals surface area (Å²) < 4.78 is 0. The Morgan fingerprint density at radius 2 is 1.67 bits per heavy atom. The molecule has 30 heavy (non-hydrogen) atoms. The van der Waals surface area contributed by atoms with Crippen molar-refractivity contribution >= 4 is 11.6 Å². The first-order valence-electron chi connectivity index (χ1n) is 12.4. The lowest BCUT2D eigenvalue weighted by Crippen LogP contribution is -2.60. The average Bonchev–Trinajstić information content (AvgIpc) is 2.64. The van der Waals surface area contributed by atoms with Gasteiger partial charge in [0.1, 0.15) is 5.78 Å². The topological polar surface area (TPSA) is 34.1 Å². The standard InChI is InChI=1S/C28H40O2/c1-17-15-19(29)16-26(4)20(17)11-14-28(6)22(26)8-7-21-23-18(10-13-27(21,28)5)9-12-25(2,3)24(23)30/h7,17,20,22H,8-16H2,1-6H3/t17-,20+,22-,26+,27-,28-/m1/s1. The third-order valence-electron chi connectivity index (χ3n) is 11.1. The van der Waals surface area contributed by atoms with E-state index in [4.69, 9.17) is 0 Å². The second-order valence-electron chi connectivity index (χ2n) is 12.9. The van der Waals surface area contributed by atoms with Gasteiger partial charge in [-0.1, -0.05) is 53.2 Å². The van der Waals surface area contributed by atoms with Crippen molar-refractivity contribution in [2.45, 2.75) is 99.3 Å². The van der Waals surface area contributed by atoms with E-state index in [0.717, 1.165) is 44.1 Å². The molecule has 0 aromatic rings. The van der Waals surface area contributed by atoms with Gasteiger partial charge in [0, 0.05) is 23.8 Å². The van der Waals surface area contributed by atoms with Crippen molar-refractivity contribution in [3.8, 4) is 0 Å². The van der Waals surface area contributed by atoms with Gasteiger partial charge in [0.15, 0.2) is 5.78 Å². The molecule has 0 N–H and O–H groups in total. The number of carbonyl (C=O) groups excluding carboxylic acids is 2. The van der Waals surface area contributed by atoms with Gasteiger partial charge in [0.2, 0.25) is 0 Å². The van der Waals surface area contributed by atoms with Gasteiger partial charge in [0.05, 0.1) is 0 Å². The molecule has 0 saturated heterocycles. The fraction of sp³-hybridized carbons (Fsp3) is 0.786. The van der Waals surface area contributed by atoms with Gasteiger partial charge in [-0.2, -0.15) is 0 Å². The SMILES string of the molecule is C[C@@H]1CC(=O)C[C@]2(C)[C@H]3CC=C4C5=C(CCC(C)(C)C5=O)CC[C@@]4(C)[C@]3(C)CC[C@@H]12. The van der Waals surface area contributed by atoms with E-state index >= 15 is 0 Å². The second-order valence-corrected chi connectivity index (χ2v) is 12.9. The number of Topliss-reactive ketones (excluding diaryl/α,β-unsaturated/α-hetero) is 2. The molecule has 2 saturated carbocycles. The minimum Gasteiger partial charge on any atom is -0.300 e. The summed E-state index contributed by atoms with van der Waals surface area (Å²) in [7, 11) is 0. The van der Waals surface area contributed by atoms with Gasteiger partial charge >= 0.3 is 0 Å². The van der Waals surface area contributed by atoms with Crippen molar-refractivity contribution in [2.75, 3.05) is 0 Å². The smallest absolute Gasteiger partial charge is 0.168 e. The minimum atomic E-state index is -0.232. The quantitative estimate of drug-likeness (QED) is 0.440. The van der Waals surface area contributed by atoms with Gasteiger partial charge < -0.3 is 0 Å². The van der Waals surface area contributed by atoms with Crippen LogP contribution in [0.1, 0.15) is 99.3 Å². The van der Waals surface area contributed by atoms with Gasteiger partial charge in [-0.15, -0.1) is 0 Å². The first-order chi connectivity index (χ1) is 13.9. The number of hydrogen-bond acceptors (Lipinski definition) is 2. The fourth-order valence-corrected chi connectivity index (χ4v) is 9.05. The lowest BCUT2D eigenvalue weighted by Gasteiger charge is -2.67. The Morgan fingerprint density at radius 3 is 2.40 bits per heavy atom. The van der Waals surface area contributed by atoms with Crippen LogP contribution in [0.4, 0.5) is 0 Å². The van der Waals surface area contributed by atoms with Crippen LogP contribution in [-0.2, 0) is 9.59 Å². The number of carbonyl (C=O) groups is 2. The van der Waals surface area contributed by atoms with Gasteiger partial charge in [0.25, 0.3) is 0 Å². The number of rotatable bonds is 0. The van der Waals surface area contributed by atoms with Gasteiger partial charge in [-0.05, 0) is 84.5 Å². The summed E-state index contributed by atoms with van der Waals surface area (Å²) in [6.07, 6.45) is 11.9. The summed E-state index contributed by atoms with van der Waals surface area (Å²) in [5.74, 6) is 2.59. The zero-order valence-electron chi connectivity index (χ0n) is 20.0. The predicted molar refractivity (Wildman–Crippen MR) is 121 cm³/mol. The predicted octanol–water partition coefficient (Wildman–Crippen LogP) is 6.84. The first kappa shape index (κ1) is 20.7. The minimum absolute atomic E-state index is 0.0511. The Morgan fingerprint density at radius 1 is 0.967 bits per heavy atom. The molecule has 0 aliphatic heterocycles. The Balaban J connectivity index is 1.63. The molecule has 2 nitrogen and oxygen atoms in total. The highest BCUT2D eigenvalue weighted by Gasteiger charge is 2.65.